The van der Waals surface area contributed by atoms with E-state index in [0.717, 1.165) is 0 Å². The standard InChI is InChI=1S/C6H14Cl4O5P2S2/c1-3-19(4-2)17(13,15-16(11,12)18)14-5(7)6(8,9)10/h5,13H,3-4H2,1-2H3,(H2,11,12,18). The summed E-state index contributed by atoms with van der Waals surface area (Å²) in [6.45, 7) is -4.39. The third-order valence-corrected chi connectivity index (χ3v) is 12.3. The Morgan fingerprint density at radius 1 is 1.21 bits per heavy atom. The molecule has 0 aliphatic heterocycles. The van der Waals surface area contributed by atoms with Crippen LogP contribution in [0.1, 0.15) is 13.8 Å². The van der Waals surface area contributed by atoms with Crippen LogP contribution in [-0.2, 0) is 30.7 Å². The molecule has 0 spiro atoms. The second kappa shape index (κ2) is 8.30. The van der Waals surface area contributed by atoms with Gasteiger partial charge >= 0.3 is 6.72 Å². The van der Waals surface area contributed by atoms with Crippen LogP contribution in [0.4, 0.5) is 0 Å². The summed E-state index contributed by atoms with van der Waals surface area (Å²) >= 11 is 26.7. The highest BCUT2D eigenvalue weighted by atomic mass is 35.6. The molecule has 0 saturated carbocycles. The van der Waals surface area contributed by atoms with Crippen LogP contribution in [0, 0.1) is 0 Å². The Bertz CT molecular complexity index is 403. The quantitative estimate of drug-likeness (QED) is 0.439. The molecule has 0 amide bonds. The van der Waals surface area contributed by atoms with Crippen LogP contribution in [0.15, 0.2) is 0 Å². The normalized spacial score (nSPS) is 18.4. The maximum absolute atomic E-state index is 10.4. The van der Waals surface area contributed by atoms with Crippen molar-refractivity contribution in [2.24, 2.45) is 0 Å². The SMILES string of the molecule is CCS(CC)=P(O)(OC(Cl)C(Cl)(Cl)Cl)OP(O)(O)=S. The lowest BCUT2D eigenvalue weighted by molar-refractivity contribution is 0.224. The molecule has 0 aromatic rings. The number of hydrogen-bond donors (Lipinski definition) is 3. The van der Waals surface area contributed by atoms with E-state index >= 15 is 0 Å². The summed E-state index contributed by atoms with van der Waals surface area (Å²) in [5.74, 6) is 0.916. The lowest BCUT2D eigenvalue weighted by Crippen LogP contribution is -2.23. The molecule has 0 radical (unpaired) electrons. The van der Waals surface area contributed by atoms with Crippen LogP contribution >= 0.6 is 59.8 Å². The molecule has 2 atom stereocenters. The van der Waals surface area contributed by atoms with Gasteiger partial charge in [0.2, 0.25) is 3.79 Å². The predicted octanol–water partition coefficient (Wildman–Crippen LogP) is 3.49. The maximum Gasteiger partial charge on any atom is 0.328 e. The van der Waals surface area contributed by atoms with Gasteiger partial charge in [-0.1, -0.05) is 60.3 Å². The minimum atomic E-state index is -4.15. The van der Waals surface area contributed by atoms with E-state index in [1.54, 1.807) is 13.8 Å². The Balaban J connectivity index is 5.55. The Hall–Kier alpha value is 2.39. The molecule has 0 rings (SSSR count). The van der Waals surface area contributed by atoms with Gasteiger partial charge in [-0.05, 0) is 23.3 Å². The van der Waals surface area contributed by atoms with E-state index < -0.39 is 32.9 Å². The molecular weight excluding hydrogens is 420 g/mol. The molecule has 19 heavy (non-hydrogen) atoms. The monoisotopic (exact) mass is 432 g/mol. The summed E-state index contributed by atoms with van der Waals surface area (Å²) in [4.78, 5) is 28.8. The summed E-state index contributed by atoms with van der Waals surface area (Å²) in [7, 11) is -0.841. The van der Waals surface area contributed by atoms with Crippen molar-refractivity contribution in [3.63, 3.8) is 0 Å². The molecule has 0 bridgehead atoms. The summed E-state index contributed by atoms with van der Waals surface area (Å²) in [5.41, 5.74) is -1.52. The van der Waals surface area contributed by atoms with Crippen molar-refractivity contribution in [1.82, 2.24) is 0 Å². The number of halogens is 4. The highest BCUT2D eigenvalue weighted by Gasteiger charge is 2.39. The highest BCUT2D eigenvalue weighted by Crippen LogP contribution is 2.63. The zero-order valence-corrected chi connectivity index (χ0v) is 16.3. The van der Waals surface area contributed by atoms with Crippen LogP contribution in [0.3, 0.4) is 0 Å². The summed E-state index contributed by atoms with van der Waals surface area (Å²) in [5, 5.41) is 0. The Kier molecular flexibility index (Phi) is 9.34. The minimum absolute atomic E-state index is 0.458. The van der Waals surface area contributed by atoms with Crippen molar-refractivity contribution in [1.29, 1.82) is 0 Å². The van der Waals surface area contributed by atoms with E-state index in [0.29, 0.717) is 11.5 Å². The molecule has 0 fully saturated rings. The van der Waals surface area contributed by atoms with Gasteiger partial charge in [-0.15, -0.1) is 10.1 Å². The molecule has 0 aliphatic rings. The van der Waals surface area contributed by atoms with E-state index in [4.69, 9.17) is 55.2 Å². The van der Waals surface area contributed by atoms with Crippen molar-refractivity contribution in [3.8, 4) is 0 Å². The first-order valence-electron chi connectivity index (χ1n) is 4.81. The van der Waals surface area contributed by atoms with Crippen LogP contribution in [0.25, 0.3) is 0 Å². The molecule has 0 heterocycles. The zero-order chi connectivity index (χ0) is 15.5. The van der Waals surface area contributed by atoms with Gasteiger partial charge < -0.3 is 14.7 Å². The van der Waals surface area contributed by atoms with Gasteiger partial charge in [0.1, 0.15) is 0 Å². The molecule has 0 aromatic carbocycles. The lowest BCUT2D eigenvalue weighted by Gasteiger charge is -2.29. The van der Waals surface area contributed by atoms with Gasteiger partial charge in [0.25, 0.3) is 6.72 Å². The van der Waals surface area contributed by atoms with E-state index in [-0.39, 0.29) is 0 Å². The van der Waals surface area contributed by atoms with Crippen LogP contribution in [0.5, 0.6) is 0 Å². The second-order valence-electron chi connectivity index (χ2n) is 3.04. The fourth-order valence-corrected chi connectivity index (χ4v) is 10.4. The van der Waals surface area contributed by atoms with E-state index in [1.165, 1.54) is 0 Å². The molecule has 2 unspecified atom stereocenters. The summed E-state index contributed by atoms with van der Waals surface area (Å²) < 4.78 is 7.85. The van der Waals surface area contributed by atoms with Gasteiger partial charge in [0, 0.05) is 0 Å². The molecule has 0 aromatic heterocycles. The smallest absolute Gasteiger partial charge is 0.328 e. The number of alkyl halides is 4. The first kappa shape index (κ1) is 21.4. The molecule has 0 saturated heterocycles. The molecule has 118 valence electrons. The van der Waals surface area contributed by atoms with Crippen molar-refractivity contribution >= 4 is 81.7 Å². The largest absolute Gasteiger partial charge is 0.328 e. The Labute approximate surface area is 139 Å². The fourth-order valence-electron chi connectivity index (χ4n) is 0.969. The zero-order valence-electron chi connectivity index (χ0n) is 9.87. The average Bonchev–Trinajstić information content (AvgIpc) is 2.14. The van der Waals surface area contributed by atoms with Crippen molar-refractivity contribution in [2.75, 3.05) is 11.5 Å². The first-order chi connectivity index (χ1) is 8.35. The molecule has 5 nitrogen and oxygen atoms in total. The van der Waals surface area contributed by atoms with Crippen LogP contribution in [0.2, 0.25) is 0 Å². The molecular formula is C6H14Cl4O5P2S2. The third-order valence-electron chi connectivity index (χ3n) is 1.69. The van der Waals surface area contributed by atoms with E-state index in [1.807, 2.05) is 0 Å². The summed E-state index contributed by atoms with van der Waals surface area (Å²) in [6, 6.07) is 0. The molecule has 3 N–H and O–H groups in total. The topological polar surface area (TPSA) is 79.2 Å². The summed E-state index contributed by atoms with van der Waals surface area (Å²) in [6.07, 6.45) is 0. The second-order valence-corrected chi connectivity index (χ2v) is 15.0. The van der Waals surface area contributed by atoms with Gasteiger partial charge in [-0.3, -0.25) is 4.52 Å². The highest BCUT2D eigenvalue weighted by molar-refractivity contribution is 8.29. The van der Waals surface area contributed by atoms with Gasteiger partial charge in [-0.25, -0.2) is 4.31 Å². The molecule has 13 heteroatoms. The first-order valence-corrected chi connectivity index (χ1v) is 12.8. The van der Waals surface area contributed by atoms with Crippen molar-refractivity contribution < 1.29 is 23.5 Å². The predicted molar refractivity (Wildman–Crippen MR) is 88.4 cm³/mol. The number of hydrogen-bond acceptors (Lipinski definition) is 3. The van der Waals surface area contributed by atoms with Gasteiger partial charge in [0.15, 0.2) is 5.56 Å². The minimum Gasteiger partial charge on any atom is -0.328 e. The van der Waals surface area contributed by atoms with Crippen LogP contribution < -0.4 is 0 Å². The third kappa shape index (κ3) is 7.98. The molecule has 0 aliphatic carbocycles. The number of rotatable bonds is 6. The van der Waals surface area contributed by atoms with Crippen molar-refractivity contribution in [2.45, 2.75) is 23.2 Å². The average molecular weight is 434 g/mol. The van der Waals surface area contributed by atoms with Gasteiger partial charge in [0.05, 0.1) is 0 Å². The van der Waals surface area contributed by atoms with Gasteiger partial charge in [-0.2, -0.15) is 0 Å². The fraction of sp³-hybridized carbons (Fsp3) is 1.00. The Morgan fingerprint density at radius 2 is 1.63 bits per heavy atom. The van der Waals surface area contributed by atoms with Crippen molar-refractivity contribution in [3.05, 3.63) is 0 Å². The Morgan fingerprint density at radius 3 is 1.89 bits per heavy atom. The lowest BCUT2D eigenvalue weighted by atomic mass is 10.8. The van der Waals surface area contributed by atoms with Crippen LogP contribution in [-0.4, -0.2) is 35.5 Å². The van der Waals surface area contributed by atoms with E-state index in [9.17, 15) is 14.7 Å². The van der Waals surface area contributed by atoms with E-state index in [2.05, 4.69) is 11.8 Å². The maximum atomic E-state index is 10.4.